The van der Waals surface area contributed by atoms with E-state index in [2.05, 4.69) is 27.2 Å². The Bertz CT molecular complexity index is 1890. The van der Waals surface area contributed by atoms with Gasteiger partial charge in [-0.3, -0.25) is 14.2 Å². The fraction of sp³-hybridized carbons (Fsp3) is 0.375. The van der Waals surface area contributed by atoms with Gasteiger partial charge in [0.05, 0.1) is 10.5 Å². The van der Waals surface area contributed by atoms with Crippen LogP contribution in [0.2, 0.25) is 0 Å². The number of carbonyl (C=O) groups is 1. The number of carbonyl (C=O) groups excluding carboxylic acids is 1. The molecule has 230 valence electrons. The highest BCUT2D eigenvalue weighted by Crippen LogP contribution is 2.35. The molecule has 2 aromatic carbocycles. The van der Waals surface area contributed by atoms with Crippen LogP contribution in [0.3, 0.4) is 0 Å². The van der Waals surface area contributed by atoms with E-state index in [-0.39, 0.29) is 40.4 Å². The van der Waals surface area contributed by atoms with Crippen molar-refractivity contribution in [3.63, 3.8) is 0 Å². The van der Waals surface area contributed by atoms with Gasteiger partial charge in [0.15, 0.2) is 5.78 Å². The average molecular weight is 617 g/mol. The molecule has 0 amide bonds. The van der Waals surface area contributed by atoms with Gasteiger partial charge in [-0.25, -0.2) is 13.4 Å². The minimum absolute atomic E-state index is 0.0267. The van der Waals surface area contributed by atoms with E-state index in [0.717, 1.165) is 31.7 Å². The van der Waals surface area contributed by atoms with Crippen molar-refractivity contribution in [1.29, 1.82) is 0 Å². The van der Waals surface area contributed by atoms with Crippen LogP contribution in [-0.4, -0.2) is 71.2 Å². The molecule has 44 heavy (non-hydrogen) atoms. The number of rotatable bonds is 7. The lowest BCUT2D eigenvalue weighted by Crippen LogP contribution is -2.45. The molecule has 0 radical (unpaired) electrons. The zero-order valence-corrected chi connectivity index (χ0v) is 26.0. The van der Waals surface area contributed by atoms with E-state index in [9.17, 15) is 18.0 Å². The third kappa shape index (κ3) is 5.60. The minimum Gasteiger partial charge on any atom is -0.489 e. The summed E-state index contributed by atoms with van der Waals surface area (Å²) in [5, 5.41) is 3.63. The summed E-state index contributed by atoms with van der Waals surface area (Å²) >= 11 is 0. The van der Waals surface area contributed by atoms with Crippen molar-refractivity contribution in [3.8, 4) is 5.75 Å². The Morgan fingerprint density at radius 2 is 1.84 bits per heavy atom. The smallest absolute Gasteiger partial charge is 0.264 e. The third-order valence-electron chi connectivity index (χ3n) is 8.31. The van der Waals surface area contributed by atoms with Crippen molar-refractivity contribution in [3.05, 3.63) is 82.3 Å². The van der Waals surface area contributed by atoms with Crippen LogP contribution in [0.25, 0.3) is 11.0 Å². The summed E-state index contributed by atoms with van der Waals surface area (Å²) in [4.78, 5) is 38.7. The zero-order valence-electron chi connectivity index (χ0n) is 25.2. The maximum atomic E-state index is 14.0. The lowest BCUT2D eigenvalue weighted by molar-refractivity contribution is 0.0936. The van der Waals surface area contributed by atoms with E-state index in [4.69, 9.17) is 4.74 Å². The van der Waals surface area contributed by atoms with Crippen molar-refractivity contribution >= 4 is 38.5 Å². The fourth-order valence-electron chi connectivity index (χ4n) is 5.92. The predicted octanol–water partition coefficient (Wildman–Crippen LogP) is 4.22. The number of likely N-dealkylation sites (tertiary alicyclic amines) is 1. The summed E-state index contributed by atoms with van der Waals surface area (Å²) in [7, 11) is -0.374. The molecule has 0 aliphatic carbocycles. The van der Waals surface area contributed by atoms with Crippen molar-refractivity contribution in [1.82, 2.24) is 23.7 Å². The number of nitrogens with zero attached hydrogens (tertiary/aromatic N) is 5. The number of sulfonamides is 1. The van der Waals surface area contributed by atoms with Crippen LogP contribution >= 0.6 is 0 Å². The molecule has 2 atom stereocenters. The summed E-state index contributed by atoms with van der Waals surface area (Å²) in [5.74, 6) is 0.220. The number of benzene rings is 2. The molecule has 6 rings (SSSR count). The lowest BCUT2D eigenvalue weighted by Gasteiger charge is -2.35. The van der Waals surface area contributed by atoms with Crippen LogP contribution in [0.5, 0.6) is 5.75 Å². The van der Waals surface area contributed by atoms with Gasteiger partial charge in [0.1, 0.15) is 23.7 Å². The Hall–Kier alpha value is -4.13. The Labute approximate surface area is 256 Å². The lowest BCUT2D eigenvalue weighted by atomic mass is 10.0. The molecular weight excluding hydrogens is 580 g/mol. The number of piperidine rings is 1. The van der Waals surface area contributed by atoms with Crippen LogP contribution < -0.4 is 15.6 Å². The third-order valence-corrected chi connectivity index (χ3v) is 10.3. The first-order valence-electron chi connectivity index (χ1n) is 14.8. The van der Waals surface area contributed by atoms with Crippen molar-refractivity contribution < 1.29 is 17.9 Å². The van der Waals surface area contributed by atoms with Crippen LogP contribution in [0, 0.1) is 5.92 Å². The first-order chi connectivity index (χ1) is 21.0. The molecule has 2 aliphatic heterocycles. The molecule has 2 aromatic heterocycles. The van der Waals surface area contributed by atoms with Gasteiger partial charge in [0.2, 0.25) is 16.0 Å². The first-order valence-corrected chi connectivity index (χ1v) is 16.2. The number of hydrogen-bond donors (Lipinski definition) is 1. The molecule has 1 fully saturated rings. The van der Waals surface area contributed by atoms with Crippen LogP contribution in [-0.2, 0) is 16.4 Å². The van der Waals surface area contributed by atoms with Gasteiger partial charge in [-0.2, -0.15) is 9.29 Å². The van der Waals surface area contributed by atoms with Gasteiger partial charge < -0.3 is 15.0 Å². The summed E-state index contributed by atoms with van der Waals surface area (Å²) in [6, 6.07) is 15.7. The van der Waals surface area contributed by atoms with Gasteiger partial charge in [-0.05, 0) is 68.4 Å². The second-order valence-corrected chi connectivity index (χ2v) is 13.8. The van der Waals surface area contributed by atoms with E-state index < -0.39 is 27.7 Å². The van der Waals surface area contributed by atoms with E-state index >= 15 is 0 Å². The van der Waals surface area contributed by atoms with E-state index in [1.54, 1.807) is 44.3 Å². The van der Waals surface area contributed by atoms with Crippen LogP contribution in [0.15, 0.2) is 70.5 Å². The Kier molecular flexibility index (Phi) is 7.99. The molecule has 4 heterocycles. The number of nitrogens with one attached hydrogen (secondary N) is 1. The van der Waals surface area contributed by atoms with Gasteiger partial charge in [0.25, 0.3) is 5.56 Å². The Morgan fingerprint density at radius 3 is 2.57 bits per heavy atom. The van der Waals surface area contributed by atoms with E-state index in [1.165, 1.54) is 22.0 Å². The SMILES string of the molecule is CC(C)C(=O)c1cc2cnc(Nc3ccc(OC4CCCN(C)C4)cc3)nc2n(C2Cc3ccccc3S(=O)(=O)N2C)c1=O. The second-order valence-electron chi connectivity index (χ2n) is 11.8. The summed E-state index contributed by atoms with van der Waals surface area (Å²) < 4.78 is 35.7. The number of Topliss-reactive ketones (excluding diaryl/α,β-unsaturated/α-hetero) is 1. The number of ketones is 1. The average Bonchev–Trinajstić information content (AvgIpc) is 3.00. The molecule has 0 saturated carbocycles. The molecule has 11 nitrogen and oxygen atoms in total. The fourth-order valence-corrected chi connectivity index (χ4v) is 7.45. The largest absolute Gasteiger partial charge is 0.489 e. The van der Waals surface area contributed by atoms with Crippen molar-refractivity contribution in [2.24, 2.45) is 5.92 Å². The van der Waals surface area contributed by atoms with Crippen LogP contribution in [0.4, 0.5) is 11.6 Å². The number of aromatic nitrogens is 3. The Morgan fingerprint density at radius 1 is 1.09 bits per heavy atom. The summed E-state index contributed by atoms with van der Waals surface area (Å²) in [5.41, 5.74) is 0.902. The highest BCUT2D eigenvalue weighted by molar-refractivity contribution is 7.89. The number of fused-ring (bicyclic) bond motifs is 2. The summed E-state index contributed by atoms with van der Waals surface area (Å²) in [6.45, 7) is 5.41. The van der Waals surface area contributed by atoms with Gasteiger partial charge in [-0.1, -0.05) is 32.0 Å². The molecule has 0 bridgehead atoms. The van der Waals surface area contributed by atoms with Gasteiger partial charge in [-0.15, -0.1) is 0 Å². The quantitative estimate of drug-likeness (QED) is 0.304. The van der Waals surface area contributed by atoms with Crippen molar-refractivity contribution in [2.75, 3.05) is 32.5 Å². The monoisotopic (exact) mass is 616 g/mol. The molecular formula is C32H36N6O5S. The molecule has 1 saturated heterocycles. The highest BCUT2D eigenvalue weighted by atomic mass is 32.2. The number of likely N-dealkylation sites (N-methyl/N-ethyl adjacent to an activating group) is 2. The van der Waals surface area contributed by atoms with Crippen molar-refractivity contribution in [2.45, 2.75) is 50.3 Å². The second kappa shape index (κ2) is 11.8. The molecule has 1 N–H and O–H groups in total. The van der Waals surface area contributed by atoms with Crippen LogP contribution in [0.1, 0.15) is 48.8 Å². The normalized spacial score (nSPS) is 20.4. The first kappa shape index (κ1) is 29.9. The molecule has 2 aliphatic rings. The molecule has 2 unspecified atom stereocenters. The molecule has 0 spiro atoms. The minimum atomic E-state index is -3.91. The van der Waals surface area contributed by atoms with E-state index in [1.807, 2.05) is 24.3 Å². The summed E-state index contributed by atoms with van der Waals surface area (Å²) in [6.07, 6.45) is 3.10. The topological polar surface area (TPSA) is 127 Å². The number of ether oxygens (including phenoxy) is 1. The number of pyridine rings is 1. The maximum Gasteiger partial charge on any atom is 0.264 e. The predicted molar refractivity (Wildman–Crippen MR) is 168 cm³/mol. The zero-order chi connectivity index (χ0) is 31.2. The maximum absolute atomic E-state index is 14.0. The Balaban J connectivity index is 1.38. The number of hydrogen-bond acceptors (Lipinski definition) is 9. The number of anilines is 2. The van der Waals surface area contributed by atoms with Gasteiger partial charge in [0, 0.05) is 43.2 Å². The highest BCUT2D eigenvalue weighted by Gasteiger charge is 2.38. The van der Waals surface area contributed by atoms with Gasteiger partial charge >= 0.3 is 0 Å². The molecule has 4 aromatic rings. The molecule has 12 heteroatoms. The standard InChI is InChI=1S/C32H36N6O5S/c1-20(2)29(39)26-16-22-18-33-32(34-23-11-13-24(14-12-23)43-25-9-7-15-36(3)19-25)35-30(22)38(31(26)40)28-17-21-8-5-6-10-27(21)44(41,42)37(28)4/h5-6,8,10-14,16,18,20,25,28H,7,9,15,17,19H2,1-4H3,(H,33,34,35). The van der Waals surface area contributed by atoms with E-state index in [0.29, 0.717) is 16.6 Å².